The summed E-state index contributed by atoms with van der Waals surface area (Å²) in [6.07, 6.45) is 0.165. The molecule has 1 unspecified atom stereocenters. The first kappa shape index (κ1) is 16.6. The van der Waals surface area contributed by atoms with Crippen LogP contribution in [0.25, 0.3) is 0 Å². The van der Waals surface area contributed by atoms with Crippen molar-refractivity contribution in [1.29, 1.82) is 0 Å². The molecule has 9 nitrogen and oxygen atoms in total. The van der Waals surface area contributed by atoms with Crippen molar-refractivity contribution in [2.24, 2.45) is 5.10 Å². The quantitative estimate of drug-likeness (QED) is 0.426. The van der Waals surface area contributed by atoms with Gasteiger partial charge in [-0.05, 0) is 31.6 Å². The van der Waals surface area contributed by atoms with E-state index in [2.05, 4.69) is 31.8 Å². The fourth-order valence-corrected chi connectivity index (χ4v) is 1.25. The molecule has 0 aliphatic heterocycles. The number of ether oxygens (including phenoxy) is 2. The van der Waals surface area contributed by atoms with Gasteiger partial charge in [0.25, 0.3) is 0 Å². The number of carbonyl (C=O) groups is 1. The lowest BCUT2D eigenvalue weighted by Gasteiger charge is -2.11. The van der Waals surface area contributed by atoms with Crippen molar-refractivity contribution >= 4 is 12.4 Å². The summed E-state index contributed by atoms with van der Waals surface area (Å²) in [7, 11) is 1.78. The van der Waals surface area contributed by atoms with Crippen molar-refractivity contribution < 1.29 is 14.3 Å². The molecular weight excluding hydrogens is 276 g/mol. The SMILES string of the molecule is C=C(C)/C=N\N(C)Cc1nnn(C(C)OC(=O)OCC)n1. The molecule has 9 heteroatoms. The predicted molar refractivity (Wildman–Crippen MR) is 75.4 cm³/mol. The molecule has 0 aliphatic carbocycles. The molecule has 0 amide bonds. The Bertz CT molecular complexity index is 513. The Balaban J connectivity index is 2.56. The Morgan fingerprint density at radius 1 is 1.62 bits per heavy atom. The molecule has 1 atom stereocenters. The number of nitrogens with zero attached hydrogens (tertiary/aromatic N) is 6. The van der Waals surface area contributed by atoms with Gasteiger partial charge in [-0.2, -0.15) is 5.10 Å². The normalized spacial score (nSPS) is 12.2. The summed E-state index contributed by atoms with van der Waals surface area (Å²) in [4.78, 5) is 12.4. The van der Waals surface area contributed by atoms with Crippen LogP contribution in [0.3, 0.4) is 0 Å². The van der Waals surface area contributed by atoms with E-state index < -0.39 is 12.4 Å². The zero-order valence-electron chi connectivity index (χ0n) is 12.7. The first-order chi connectivity index (χ1) is 9.92. The van der Waals surface area contributed by atoms with Gasteiger partial charge in [-0.25, -0.2) is 4.79 Å². The van der Waals surface area contributed by atoms with Crippen molar-refractivity contribution in [1.82, 2.24) is 25.2 Å². The van der Waals surface area contributed by atoms with Crippen molar-refractivity contribution in [3.05, 3.63) is 18.0 Å². The largest absolute Gasteiger partial charge is 0.510 e. The minimum atomic E-state index is -0.771. The molecule has 0 N–H and O–H groups in total. The van der Waals surface area contributed by atoms with E-state index in [1.807, 2.05) is 6.92 Å². The number of carbonyl (C=O) groups excluding carboxylic acids is 1. The van der Waals surface area contributed by atoms with Crippen molar-refractivity contribution in [2.45, 2.75) is 33.5 Å². The van der Waals surface area contributed by atoms with Crippen molar-refractivity contribution in [2.75, 3.05) is 13.7 Å². The molecule has 0 radical (unpaired) electrons. The molecule has 0 saturated carbocycles. The Labute approximate surface area is 123 Å². The average molecular weight is 296 g/mol. The summed E-state index contributed by atoms with van der Waals surface area (Å²) in [5, 5.41) is 17.6. The van der Waals surface area contributed by atoms with Gasteiger partial charge in [0.05, 0.1) is 13.2 Å². The van der Waals surface area contributed by atoms with E-state index in [9.17, 15) is 4.79 Å². The summed E-state index contributed by atoms with van der Waals surface area (Å²) in [5.74, 6) is 0.454. The van der Waals surface area contributed by atoms with Crippen LogP contribution in [0.4, 0.5) is 4.79 Å². The van der Waals surface area contributed by atoms with Crippen LogP contribution in [0, 0.1) is 0 Å². The number of aromatic nitrogens is 4. The Morgan fingerprint density at radius 2 is 2.33 bits per heavy atom. The molecule has 0 aliphatic rings. The highest BCUT2D eigenvalue weighted by Gasteiger charge is 2.15. The van der Waals surface area contributed by atoms with E-state index in [4.69, 9.17) is 4.74 Å². The van der Waals surface area contributed by atoms with E-state index in [1.54, 1.807) is 32.1 Å². The van der Waals surface area contributed by atoms with Gasteiger partial charge in [0.15, 0.2) is 5.82 Å². The van der Waals surface area contributed by atoms with E-state index in [1.165, 1.54) is 4.80 Å². The maximum atomic E-state index is 11.2. The van der Waals surface area contributed by atoms with Gasteiger partial charge < -0.3 is 9.47 Å². The van der Waals surface area contributed by atoms with E-state index in [0.717, 1.165) is 5.57 Å². The molecule has 1 heterocycles. The van der Waals surface area contributed by atoms with Crippen LogP contribution in [0.2, 0.25) is 0 Å². The third kappa shape index (κ3) is 6.02. The van der Waals surface area contributed by atoms with Crippen LogP contribution in [0.1, 0.15) is 32.8 Å². The molecule has 1 aromatic heterocycles. The number of hydrogen-bond donors (Lipinski definition) is 0. The first-order valence-corrected chi connectivity index (χ1v) is 6.44. The molecule has 1 aromatic rings. The van der Waals surface area contributed by atoms with Crippen LogP contribution >= 0.6 is 0 Å². The lowest BCUT2D eigenvalue weighted by molar-refractivity contribution is -0.00533. The van der Waals surface area contributed by atoms with Crippen molar-refractivity contribution in [3.63, 3.8) is 0 Å². The molecule has 0 spiro atoms. The van der Waals surface area contributed by atoms with Crippen LogP contribution < -0.4 is 0 Å². The maximum absolute atomic E-state index is 11.2. The molecule has 0 saturated heterocycles. The molecule has 0 aromatic carbocycles. The smallest absolute Gasteiger partial charge is 0.435 e. The zero-order chi connectivity index (χ0) is 15.8. The third-order valence-electron chi connectivity index (χ3n) is 2.17. The number of rotatable bonds is 7. The summed E-state index contributed by atoms with van der Waals surface area (Å²) in [6, 6.07) is 0. The molecule has 1 rings (SSSR count). The van der Waals surface area contributed by atoms with E-state index in [0.29, 0.717) is 12.4 Å². The maximum Gasteiger partial charge on any atom is 0.510 e. The van der Waals surface area contributed by atoms with E-state index >= 15 is 0 Å². The second kappa shape index (κ2) is 7.98. The van der Waals surface area contributed by atoms with Crippen LogP contribution in [0.5, 0.6) is 0 Å². The van der Waals surface area contributed by atoms with Gasteiger partial charge in [-0.15, -0.1) is 15.0 Å². The van der Waals surface area contributed by atoms with Crippen LogP contribution in [-0.4, -0.2) is 51.2 Å². The Hall–Kier alpha value is -2.45. The fourth-order valence-electron chi connectivity index (χ4n) is 1.25. The zero-order valence-corrected chi connectivity index (χ0v) is 12.7. The van der Waals surface area contributed by atoms with Crippen LogP contribution in [-0.2, 0) is 16.0 Å². The second-order valence-corrected chi connectivity index (χ2v) is 4.33. The second-order valence-electron chi connectivity index (χ2n) is 4.33. The summed E-state index contributed by atoms with van der Waals surface area (Å²) < 4.78 is 9.63. The van der Waals surface area contributed by atoms with Gasteiger partial charge in [0.2, 0.25) is 6.23 Å². The summed E-state index contributed by atoms with van der Waals surface area (Å²) >= 11 is 0. The molecule has 0 fully saturated rings. The minimum Gasteiger partial charge on any atom is -0.435 e. The predicted octanol–water partition coefficient (Wildman–Crippen LogP) is 1.36. The minimum absolute atomic E-state index is 0.243. The molecular formula is C12H20N6O3. The molecule has 0 bridgehead atoms. The van der Waals surface area contributed by atoms with Crippen LogP contribution in [0.15, 0.2) is 17.3 Å². The van der Waals surface area contributed by atoms with E-state index in [-0.39, 0.29) is 6.61 Å². The fraction of sp³-hybridized carbons (Fsp3) is 0.583. The van der Waals surface area contributed by atoms with Gasteiger partial charge in [0.1, 0.15) is 0 Å². The lowest BCUT2D eigenvalue weighted by Crippen LogP contribution is -2.18. The Kier molecular flexibility index (Phi) is 6.31. The summed E-state index contributed by atoms with van der Waals surface area (Å²) in [5.41, 5.74) is 0.843. The Morgan fingerprint density at radius 3 is 2.95 bits per heavy atom. The molecule has 21 heavy (non-hydrogen) atoms. The lowest BCUT2D eigenvalue weighted by atomic mass is 10.4. The third-order valence-corrected chi connectivity index (χ3v) is 2.17. The highest BCUT2D eigenvalue weighted by Crippen LogP contribution is 2.06. The van der Waals surface area contributed by atoms with Gasteiger partial charge >= 0.3 is 6.16 Å². The number of hydrazone groups is 1. The first-order valence-electron chi connectivity index (χ1n) is 6.44. The van der Waals surface area contributed by atoms with Gasteiger partial charge in [-0.1, -0.05) is 6.58 Å². The number of tetrazole rings is 1. The van der Waals surface area contributed by atoms with Gasteiger partial charge in [-0.3, -0.25) is 5.01 Å². The highest BCUT2D eigenvalue weighted by atomic mass is 16.7. The van der Waals surface area contributed by atoms with Crippen molar-refractivity contribution in [3.8, 4) is 0 Å². The number of allylic oxidation sites excluding steroid dienone is 1. The molecule has 116 valence electrons. The number of hydrogen-bond acceptors (Lipinski definition) is 8. The monoisotopic (exact) mass is 296 g/mol. The van der Waals surface area contributed by atoms with Gasteiger partial charge in [0, 0.05) is 13.3 Å². The standard InChI is InChI=1S/C12H20N6O3/c1-6-20-12(19)21-10(4)18-15-11(14-16-18)8-17(5)13-7-9(2)3/h7,10H,2,6,8H2,1,3-5H3/b13-7-. The highest BCUT2D eigenvalue weighted by molar-refractivity contribution is 5.76. The topological polar surface area (TPSA) is 94.7 Å². The average Bonchev–Trinajstić information content (AvgIpc) is 2.85. The summed E-state index contributed by atoms with van der Waals surface area (Å²) in [6.45, 7) is 9.49.